The molecule has 3 aromatic rings. The fourth-order valence-corrected chi connectivity index (χ4v) is 3.69. The van der Waals surface area contributed by atoms with Crippen molar-refractivity contribution in [3.63, 3.8) is 0 Å². The summed E-state index contributed by atoms with van der Waals surface area (Å²) in [6, 6.07) is 10.8. The van der Waals surface area contributed by atoms with Gasteiger partial charge in [0.15, 0.2) is 10.9 Å². The summed E-state index contributed by atoms with van der Waals surface area (Å²) in [7, 11) is 0. The molecule has 1 aromatic heterocycles. The molecule has 3 rings (SSSR count). The van der Waals surface area contributed by atoms with Crippen molar-refractivity contribution in [3.05, 3.63) is 72.7 Å². The molecule has 0 saturated heterocycles. The maximum Gasteiger partial charge on any atom is 0.176 e. The van der Waals surface area contributed by atoms with Gasteiger partial charge in [-0.2, -0.15) is 5.10 Å². The summed E-state index contributed by atoms with van der Waals surface area (Å²) >= 11 is 33.1. The monoisotopic (exact) mass is 522 g/mol. The van der Waals surface area contributed by atoms with E-state index in [2.05, 4.69) is 31.7 Å². The van der Waals surface area contributed by atoms with Crippen molar-refractivity contribution in [1.82, 2.24) is 9.78 Å². The van der Waals surface area contributed by atoms with E-state index in [4.69, 9.17) is 58.6 Å². The van der Waals surface area contributed by atoms with Crippen molar-refractivity contribution in [3.8, 4) is 0 Å². The SMILES string of the molecule is S=C(Nc1ccc(Br)cc1Cl)Nc1nn(Cc2ccc(Cl)c(Cl)c2)cc1Cl. The van der Waals surface area contributed by atoms with Crippen LogP contribution in [0, 0.1) is 0 Å². The molecule has 2 N–H and O–H groups in total. The van der Waals surface area contributed by atoms with Gasteiger partial charge in [-0.25, -0.2) is 0 Å². The molecule has 0 spiro atoms. The number of hydrogen-bond acceptors (Lipinski definition) is 2. The smallest absolute Gasteiger partial charge is 0.176 e. The highest BCUT2D eigenvalue weighted by molar-refractivity contribution is 9.10. The molecule has 0 aliphatic heterocycles. The lowest BCUT2D eigenvalue weighted by Gasteiger charge is -2.10. The Balaban J connectivity index is 1.68. The molecule has 0 saturated carbocycles. The highest BCUT2D eigenvalue weighted by Crippen LogP contribution is 2.27. The molecule has 10 heteroatoms. The number of thiocarbonyl (C=S) groups is 1. The minimum Gasteiger partial charge on any atom is -0.331 e. The molecule has 0 fully saturated rings. The topological polar surface area (TPSA) is 41.9 Å². The summed E-state index contributed by atoms with van der Waals surface area (Å²) in [5.74, 6) is 0.433. The lowest BCUT2D eigenvalue weighted by atomic mass is 10.2. The van der Waals surface area contributed by atoms with Crippen LogP contribution < -0.4 is 10.6 Å². The first kappa shape index (κ1) is 20.7. The summed E-state index contributed by atoms with van der Waals surface area (Å²) in [6.07, 6.45) is 1.70. The maximum atomic E-state index is 6.25. The predicted molar refractivity (Wildman–Crippen MR) is 122 cm³/mol. The van der Waals surface area contributed by atoms with Crippen LogP contribution in [0.3, 0.4) is 0 Å². The molecule has 0 amide bonds. The molecule has 2 aromatic carbocycles. The molecule has 0 aliphatic rings. The number of benzene rings is 2. The van der Waals surface area contributed by atoms with Crippen LogP contribution >= 0.6 is 74.6 Å². The third-order valence-corrected chi connectivity index (χ3v) is 5.48. The van der Waals surface area contributed by atoms with Crippen LogP contribution in [0.4, 0.5) is 11.5 Å². The second-order valence-electron chi connectivity index (χ2n) is 5.47. The highest BCUT2D eigenvalue weighted by atomic mass is 79.9. The Morgan fingerprint density at radius 3 is 2.44 bits per heavy atom. The van der Waals surface area contributed by atoms with Crippen molar-refractivity contribution in [2.45, 2.75) is 6.54 Å². The van der Waals surface area contributed by atoms with Gasteiger partial charge in [0.2, 0.25) is 0 Å². The van der Waals surface area contributed by atoms with Crippen LogP contribution in [0.1, 0.15) is 5.56 Å². The van der Waals surface area contributed by atoms with Crippen LogP contribution in [0.2, 0.25) is 20.1 Å². The third kappa shape index (κ3) is 5.50. The highest BCUT2D eigenvalue weighted by Gasteiger charge is 2.11. The van der Waals surface area contributed by atoms with Gasteiger partial charge >= 0.3 is 0 Å². The van der Waals surface area contributed by atoms with E-state index in [1.165, 1.54) is 0 Å². The van der Waals surface area contributed by atoms with Gasteiger partial charge in [0.1, 0.15) is 5.02 Å². The van der Waals surface area contributed by atoms with E-state index in [-0.39, 0.29) is 0 Å². The van der Waals surface area contributed by atoms with Crippen LogP contribution in [0.25, 0.3) is 0 Å². The molecule has 0 aliphatic carbocycles. The van der Waals surface area contributed by atoms with Gasteiger partial charge in [-0.05, 0) is 48.1 Å². The fraction of sp³-hybridized carbons (Fsp3) is 0.0588. The minimum atomic E-state index is 0.320. The molecule has 0 bridgehead atoms. The molecule has 0 unspecified atom stereocenters. The van der Waals surface area contributed by atoms with E-state index < -0.39 is 0 Å². The van der Waals surface area contributed by atoms with Crippen LogP contribution in [0.15, 0.2) is 47.1 Å². The predicted octanol–water partition coefficient (Wildman–Crippen LogP) is 7.12. The van der Waals surface area contributed by atoms with Crippen LogP contribution in [-0.4, -0.2) is 14.9 Å². The first-order valence-electron chi connectivity index (χ1n) is 7.52. The number of aromatic nitrogens is 2. The second-order valence-corrected chi connectivity index (χ2v) is 8.43. The van der Waals surface area contributed by atoms with E-state index in [0.717, 1.165) is 10.0 Å². The van der Waals surface area contributed by atoms with E-state index >= 15 is 0 Å². The summed E-state index contributed by atoms with van der Waals surface area (Å²) in [4.78, 5) is 0. The zero-order chi connectivity index (χ0) is 19.6. The van der Waals surface area contributed by atoms with E-state index in [1.54, 1.807) is 29.1 Å². The van der Waals surface area contributed by atoms with Crippen molar-refractivity contribution >= 4 is 91.2 Å². The molecule has 0 atom stereocenters. The zero-order valence-corrected chi connectivity index (χ0v) is 18.9. The lowest BCUT2D eigenvalue weighted by molar-refractivity contribution is 0.690. The maximum absolute atomic E-state index is 6.25. The zero-order valence-electron chi connectivity index (χ0n) is 13.4. The van der Waals surface area contributed by atoms with E-state index in [0.29, 0.717) is 43.3 Å². The molecule has 1 heterocycles. The number of hydrogen-bond donors (Lipinski definition) is 2. The Morgan fingerprint density at radius 2 is 1.74 bits per heavy atom. The van der Waals surface area contributed by atoms with Gasteiger partial charge in [-0.1, -0.05) is 68.4 Å². The summed E-state index contributed by atoms with van der Waals surface area (Å²) in [5, 5.41) is 12.7. The van der Waals surface area contributed by atoms with Crippen molar-refractivity contribution in [2.75, 3.05) is 10.6 Å². The largest absolute Gasteiger partial charge is 0.331 e. The average Bonchev–Trinajstić information content (AvgIpc) is 2.93. The van der Waals surface area contributed by atoms with Gasteiger partial charge in [0, 0.05) is 10.7 Å². The molecule has 140 valence electrons. The molecule has 4 nitrogen and oxygen atoms in total. The fourth-order valence-electron chi connectivity index (χ4n) is 2.24. The molecular formula is C17H11BrCl4N4S. The van der Waals surface area contributed by atoms with E-state index in [1.807, 2.05) is 18.2 Å². The number of halogens is 5. The summed E-state index contributed by atoms with van der Waals surface area (Å²) < 4.78 is 2.56. The second kappa shape index (κ2) is 8.99. The number of anilines is 2. The molecule has 27 heavy (non-hydrogen) atoms. The number of rotatable bonds is 4. The van der Waals surface area contributed by atoms with Gasteiger partial charge < -0.3 is 10.6 Å². The van der Waals surface area contributed by atoms with Crippen molar-refractivity contribution in [2.24, 2.45) is 0 Å². The van der Waals surface area contributed by atoms with Gasteiger partial charge in [0.05, 0.1) is 27.3 Å². The third-order valence-electron chi connectivity index (χ3n) is 3.46. The summed E-state index contributed by atoms with van der Waals surface area (Å²) in [5.41, 5.74) is 1.61. The normalized spacial score (nSPS) is 10.7. The first-order valence-corrected chi connectivity index (χ1v) is 10.2. The van der Waals surface area contributed by atoms with E-state index in [9.17, 15) is 0 Å². The Kier molecular flexibility index (Phi) is 6.89. The molecular weight excluding hydrogens is 514 g/mol. The standard InChI is InChI=1S/C17H11BrCl4N4S/c18-10-2-4-15(13(21)6-10)23-17(27)24-16-14(22)8-26(25-16)7-9-1-3-11(19)12(20)5-9/h1-6,8H,7H2,(H2,23,24,25,27). The minimum absolute atomic E-state index is 0.320. The number of nitrogens with one attached hydrogen (secondary N) is 2. The number of nitrogens with zero attached hydrogens (tertiary/aromatic N) is 2. The van der Waals surface area contributed by atoms with Gasteiger partial charge in [-0.15, -0.1) is 0 Å². The Hall–Kier alpha value is -1.02. The summed E-state index contributed by atoms with van der Waals surface area (Å²) in [6.45, 7) is 0.483. The van der Waals surface area contributed by atoms with Crippen molar-refractivity contribution in [1.29, 1.82) is 0 Å². The van der Waals surface area contributed by atoms with Gasteiger partial charge in [-0.3, -0.25) is 4.68 Å². The molecule has 0 radical (unpaired) electrons. The Labute approximate surface area is 189 Å². The quantitative estimate of drug-likeness (QED) is 0.357. The first-order chi connectivity index (χ1) is 12.8. The lowest BCUT2D eigenvalue weighted by Crippen LogP contribution is -2.20. The van der Waals surface area contributed by atoms with Crippen LogP contribution in [0.5, 0.6) is 0 Å². The van der Waals surface area contributed by atoms with Crippen molar-refractivity contribution < 1.29 is 0 Å². The Bertz CT molecular complexity index is 1010. The van der Waals surface area contributed by atoms with Gasteiger partial charge in [0.25, 0.3) is 0 Å². The average molecular weight is 525 g/mol. The Morgan fingerprint density at radius 1 is 0.963 bits per heavy atom. The van der Waals surface area contributed by atoms with Crippen LogP contribution in [-0.2, 0) is 6.54 Å².